The Labute approximate surface area is 136 Å². The number of aryl methyl sites for hydroxylation is 2. The van der Waals surface area contributed by atoms with Gasteiger partial charge in [0.2, 0.25) is 0 Å². The number of hydrogen-bond acceptors (Lipinski definition) is 5. The van der Waals surface area contributed by atoms with Gasteiger partial charge in [0, 0.05) is 12.6 Å². The van der Waals surface area contributed by atoms with Crippen molar-refractivity contribution in [3.05, 3.63) is 11.3 Å². The van der Waals surface area contributed by atoms with E-state index in [0.717, 1.165) is 30.5 Å². The highest BCUT2D eigenvalue weighted by Crippen LogP contribution is 2.32. The van der Waals surface area contributed by atoms with Crippen molar-refractivity contribution in [2.45, 2.75) is 57.0 Å². The van der Waals surface area contributed by atoms with E-state index in [-0.39, 0.29) is 5.03 Å². The van der Waals surface area contributed by atoms with E-state index < -0.39 is 27.4 Å². The van der Waals surface area contributed by atoms with Crippen molar-refractivity contribution < 1.29 is 17.9 Å². The van der Waals surface area contributed by atoms with Gasteiger partial charge in [0.05, 0.1) is 12.3 Å². The summed E-state index contributed by atoms with van der Waals surface area (Å²) in [5, 5.41) is 4.53. The number of hydrogen-bond donors (Lipinski definition) is 1. The molecule has 1 aliphatic carbocycles. The molecule has 1 unspecified atom stereocenters. The Bertz CT molecular complexity index is 736. The smallest absolute Gasteiger partial charge is 0.324 e. The summed E-state index contributed by atoms with van der Waals surface area (Å²) in [6.45, 7) is 4.07. The van der Waals surface area contributed by atoms with Crippen molar-refractivity contribution in [3.63, 3.8) is 0 Å². The number of cyclic esters (lactones) is 1. The largest absolute Gasteiger partial charge is 0.464 e. The fraction of sp³-hybridized carbons (Fsp3) is 0.733. The molecule has 1 aromatic heterocycles. The molecule has 0 spiro atoms. The lowest BCUT2D eigenvalue weighted by atomic mass is 9.80. The van der Waals surface area contributed by atoms with Gasteiger partial charge in [-0.3, -0.25) is 9.48 Å². The first-order valence-corrected chi connectivity index (χ1v) is 9.44. The molecule has 0 bridgehead atoms. The van der Waals surface area contributed by atoms with Crippen LogP contribution in [-0.4, -0.2) is 36.8 Å². The first-order valence-electron chi connectivity index (χ1n) is 7.96. The Balaban J connectivity index is 1.96. The molecule has 7 nitrogen and oxygen atoms in total. The van der Waals surface area contributed by atoms with Crippen molar-refractivity contribution >= 4 is 16.0 Å². The van der Waals surface area contributed by atoms with Crippen molar-refractivity contribution in [1.29, 1.82) is 0 Å². The summed E-state index contributed by atoms with van der Waals surface area (Å²) in [6.07, 6.45) is 4.11. The minimum Gasteiger partial charge on any atom is -0.464 e. The molecular weight excluding hydrogens is 318 g/mol. The average molecular weight is 341 g/mol. The highest BCUT2D eigenvalue weighted by atomic mass is 32.2. The van der Waals surface area contributed by atoms with Gasteiger partial charge >= 0.3 is 5.97 Å². The molecule has 1 fully saturated rings. The monoisotopic (exact) mass is 341 g/mol. The number of aromatic nitrogens is 2. The van der Waals surface area contributed by atoms with Gasteiger partial charge in [-0.25, -0.2) is 8.42 Å². The molecule has 1 N–H and O–H groups in total. The van der Waals surface area contributed by atoms with Crippen LogP contribution < -0.4 is 4.72 Å². The molecule has 2 heterocycles. The number of nitrogens with zero attached hydrogens (tertiary/aromatic N) is 2. The minimum absolute atomic E-state index is 0.182. The average Bonchev–Trinajstić information content (AvgIpc) is 2.79. The van der Waals surface area contributed by atoms with E-state index in [1.807, 2.05) is 13.8 Å². The number of sulfonamides is 1. The first-order chi connectivity index (χ1) is 10.7. The lowest BCUT2D eigenvalue weighted by Crippen LogP contribution is -2.54. The summed E-state index contributed by atoms with van der Waals surface area (Å²) < 4.78 is 34.8. The predicted octanol–water partition coefficient (Wildman–Crippen LogP) is 0.919. The predicted molar refractivity (Wildman–Crippen MR) is 83.3 cm³/mol. The van der Waals surface area contributed by atoms with Crippen LogP contribution in [0.3, 0.4) is 0 Å². The zero-order chi connectivity index (χ0) is 16.8. The van der Waals surface area contributed by atoms with Gasteiger partial charge in [-0.2, -0.15) is 9.82 Å². The van der Waals surface area contributed by atoms with Gasteiger partial charge < -0.3 is 4.74 Å². The first kappa shape index (κ1) is 16.4. The normalized spacial score (nSPS) is 24.1. The van der Waals surface area contributed by atoms with Crippen LogP contribution in [0.25, 0.3) is 0 Å². The van der Waals surface area contributed by atoms with Crippen LogP contribution in [0, 0.1) is 5.41 Å². The number of ether oxygens (including phenoxy) is 1. The van der Waals surface area contributed by atoms with Crippen molar-refractivity contribution in [2.24, 2.45) is 12.5 Å². The summed E-state index contributed by atoms with van der Waals surface area (Å²) in [6, 6.07) is -0.879. The molecular formula is C15H23N3O4S. The zero-order valence-electron chi connectivity index (χ0n) is 13.8. The quantitative estimate of drug-likeness (QED) is 0.826. The van der Waals surface area contributed by atoms with Crippen LogP contribution in [0.4, 0.5) is 0 Å². The molecule has 1 aromatic rings. The topological polar surface area (TPSA) is 90.3 Å². The van der Waals surface area contributed by atoms with Crippen LogP contribution in [0.1, 0.15) is 44.4 Å². The van der Waals surface area contributed by atoms with Gasteiger partial charge in [-0.05, 0) is 37.5 Å². The summed E-state index contributed by atoms with van der Waals surface area (Å²) in [4.78, 5) is 12.1. The number of rotatable bonds is 3. The molecule has 1 saturated heterocycles. The Kier molecular flexibility index (Phi) is 4.00. The lowest BCUT2D eigenvalue weighted by Gasteiger charge is -2.36. The Hall–Kier alpha value is -1.41. The Morgan fingerprint density at radius 2 is 2.00 bits per heavy atom. The number of carbonyl (C=O) groups excluding carboxylic acids is 1. The van der Waals surface area contributed by atoms with E-state index in [1.54, 1.807) is 7.05 Å². The van der Waals surface area contributed by atoms with Gasteiger partial charge in [0.15, 0.2) is 5.03 Å². The summed E-state index contributed by atoms with van der Waals surface area (Å²) in [5.41, 5.74) is 1.15. The van der Waals surface area contributed by atoms with E-state index in [0.29, 0.717) is 19.4 Å². The highest BCUT2D eigenvalue weighted by Gasteiger charge is 2.43. The van der Waals surface area contributed by atoms with Crippen LogP contribution in [-0.2, 0) is 39.4 Å². The minimum atomic E-state index is -3.84. The highest BCUT2D eigenvalue weighted by molar-refractivity contribution is 7.89. The zero-order valence-corrected chi connectivity index (χ0v) is 14.6. The van der Waals surface area contributed by atoms with E-state index >= 15 is 0 Å². The Morgan fingerprint density at radius 1 is 1.30 bits per heavy atom. The summed E-state index contributed by atoms with van der Waals surface area (Å²) >= 11 is 0. The van der Waals surface area contributed by atoms with Crippen molar-refractivity contribution in [3.8, 4) is 0 Å². The molecule has 23 heavy (non-hydrogen) atoms. The van der Waals surface area contributed by atoms with Gasteiger partial charge in [0.25, 0.3) is 10.0 Å². The third-order valence-corrected chi connectivity index (χ3v) is 6.36. The van der Waals surface area contributed by atoms with Crippen LogP contribution >= 0.6 is 0 Å². The van der Waals surface area contributed by atoms with Gasteiger partial charge in [-0.1, -0.05) is 13.8 Å². The molecule has 3 rings (SSSR count). The third-order valence-electron chi connectivity index (χ3n) is 4.80. The Morgan fingerprint density at radius 3 is 2.70 bits per heavy atom. The third kappa shape index (κ3) is 2.89. The van der Waals surface area contributed by atoms with Gasteiger partial charge in [-0.15, -0.1) is 0 Å². The standard InChI is InChI=1S/C15H23N3O4S/c1-15(2)8-9-22-14(19)12(15)17-23(20,21)13-10-6-4-5-7-11(10)16-18(13)3/h12,17H,4-9H2,1-3H3. The van der Waals surface area contributed by atoms with Crippen LogP contribution in [0.5, 0.6) is 0 Å². The molecule has 8 heteroatoms. The molecule has 0 saturated carbocycles. The molecule has 0 radical (unpaired) electrons. The molecule has 128 valence electrons. The molecule has 0 aromatic carbocycles. The molecule has 2 aliphatic rings. The SMILES string of the molecule is Cn1nc2c(c1S(=O)(=O)NC1C(=O)OCCC1(C)C)CCCC2. The fourth-order valence-electron chi connectivity index (χ4n) is 3.37. The number of nitrogens with one attached hydrogen (secondary N) is 1. The van der Waals surface area contributed by atoms with Gasteiger partial charge in [0.1, 0.15) is 6.04 Å². The van der Waals surface area contributed by atoms with E-state index in [2.05, 4.69) is 9.82 Å². The summed E-state index contributed by atoms with van der Waals surface area (Å²) in [7, 11) is -2.21. The fourth-order valence-corrected chi connectivity index (χ4v) is 5.14. The lowest BCUT2D eigenvalue weighted by molar-refractivity contribution is -0.155. The van der Waals surface area contributed by atoms with E-state index in [9.17, 15) is 13.2 Å². The maximum atomic E-state index is 12.9. The maximum Gasteiger partial charge on any atom is 0.324 e. The number of fused-ring (bicyclic) bond motifs is 1. The second-order valence-electron chi connectivity index (χ2n) is 7.02. The summed E-state index contributed by atoms with van der Waals surface area (Å²) in [5.74, 6) is -0.513. The molecule has 1 atom stereocenters. The number of esters is 1. The molecule has 0 amide bonds. The van der Waals surface area contributed by atoms with Crippen LogP contribution in [0.15, 0.2) is 5.03 Å². The van der Waals surface area contributed by atoms with E-state index in [1.165, 1.54) is 4.68 Å². The second kappa shape index (κ2) is 5.59. The van der Waals surface area contributed by atoms with Crippen molar-refractivity contribution in [2.75, 3.05) is 6.61 Å². The second-order valence-corrected chi connectivity index (χ2v) is 8.65. The van der Waals surface area contributed by atoms with Crippen LogP contribution in [0.2, 0.25) is 0 Å². The van der Waals surface area contributed by atoms with E-state index in [4.69, 9.17) is 4.74 Å². The van der Waals surface area contributed by atoms with Crippen molar-refractivity contribution in [1.82, 2.24) is 14.5 Å². The number of carbonyl (C=O) groups is 1. The molecule has 1 aliphatic heterocycles. The maximum absolute atomic E-state index is 12.9.